The molecule has 5 rings (SSSR count). The molecule has 1 saturated carbocycles. The second kappa shape index (κ2) is 9.72. The standard InChI is InChI=1S/C27H22F4N4O3S/c28-18-7-5-17(6-8-18)26(10-11-26)13-22(36)20-15-33-24(14-32)34-25(20)35-12-9-19(16-35)39(37,38)23-4-2-1-3-21(23)27(29,30)31/h1-8,15,19H,9-13,16H2/t19-/m0/s1. The zero-order valence-corrected chi connectivity index (χ0v) is 21.3. The molecule has 2 aliphatic rings. The highest BCUT2D eigenvalue weighted by Gasteiger charge is 2.47. The number of hydrogen-bond donors (Lipinski definition) is 0. The van der Waals surface area contributed by atoms with Crippen LogP contribution in [0, 0.1) is 17.1 Å². The van der Waals surface area contributed by atoms with Crippen molar-refractivity contribution in [1.29, 1.82) is 5.26 Å². The predicted octanol–water partition coefficient (Wildman–Crippen LogP) is 4.86. The molecule has 1 aliphatic carbocycles. The Morgan fingerprint density at radius 3 is 2.46 bits per heavy atom. The van der Waals surface area contributed by atoms with Crippen molar-refractivity contribution in [3.63, 3.8) is 0 Å². The first-order valence-electron chi connectivity index (χ1n) is 12.2. The van der Waals surface area contributed by atoms with E-state index in [0.29, 0.717) is 0 Å². The van der Waals surface area contributed by atoms with Gasteiger partial charge >= 0.3 is 6.18 Å². The Labute approximate surface area is 222 Å². The van der Waals surface area contributed by atoms with Crippen molar-refractivity contribution in [2.45, 2.75) is 47.4 Å². The molecular formula is C27H22F4N4O3S. The lowest BCUT2D eigenvalue weighted by Crippen LogP contribution is -2.30. The van der Waals surface area contributed by atoms with Crippen LogP contribution in [-0.2, 0) is 21.4 Å². The van der Waals surface area contributed by atoms with Crippen molar-refractivity contribution in [3.05, 3.63) is 83.1 Å². The third-order valence-corrected chi connectivity index (χ3v) is 9.59. The Hall–Kier alpha value is -3.85. The Kier molecular flexibility index (Phi) is 6.66. The number of hydrogen-bond acceptors (Lipinski definition) is 7. The number of anilines is 1. The van der Waals surface area contributed by atoms with Crippen LogP contribution < -0.4 is 4.90 Å². The first-order valence-corrected chi connectivity index (χ1v) is 13.7. The van der Waals surface area contributed by atoms with Crippen LogP contribution in [0.3, 0.4) is 0 Å². The molecule has 0 spiro atoms. The molecule has 202 valence electrons. The van der Waals surface area contributed by atoms with Crippen molar-refractivity contribution in [2.24, 2.45) is 0 Å². The number of sulfone groups is 1. The summed E-state index contributed by atoms with van der Waals surface area (Å²) in [5.41, 5.74) is -0.780. The maximum absolute atomic E-state index is 13.5. The second-order valence-electron chi connectivity index (χ2n) is 9.83. The van der Waals surface area contributed by atoms with Crippen LogP contribution in [0.25, 0.3) is 0 Å². The van der Waals surface area contributed by atoms with E-state index in [4.69, 9.17) is 0 Å². The number of rotatable bonds is 7. The topological polar surface area (TPSA) is 104 Å². The molecule has 3 aromatic rings. The van der Waals surface area contributed by atoms with Crippen LogP contribution in [0.15, 0.2) is 59.6 Å². The molecule has 0 unspecified atom stereocenters. The summed E-state index contributed by atoms with van der Waals surface area (Å²) in [5.74, 6) is -0.872. The SMILES string of the molecule is N#Cc1ncc(C(=O)CC2(c3ccc(F)cc3)CC2)c(N2CC[C@H](S(=O)(=O)c3ccccc3C(F)(F)F)C2)n1. The van der Waals surface area contributed by atoms with Crippen molar-refractivity contribution in [1.82, 2.24) is 9.97 Å². The molecule has 7 nitrogen and oxygen atoms in total. The molecule has 1 saturated heterocycles. The fourth-order valence-electron chi connectivity index (χ4n) is 5.09. The van der Waals surface area contributed by atoms with Gasteiger partial charge in [0.15, 0.2) is 15.6 Å². The minimum absolute atomic E-state index is 0.00750. The lowest BCUT2D eigenvalue weighted by atomic mass is 9.89. The molecule has 2 aromatic carbocycles. The third-order valence-electron chi connectivity index (χ3n) is 7.36. The van der Waals surface area contributed by atoms with Crippen LogP contribution in [0.5, 0.6) is 0 Å². The van der Waals surface area contributed by atoms with E-state index in [0.717, 1.165) is 36.6 Å². The van der Waals surface area contributed by atoms with Crippen LogP contribution in [-0.4, -0.2) is 42.5 Å². The highest BCUT2D eigenvalue weighted by Crippen LogP contribution is 2.52. The first-order chi connectivity index (χ1) is 18.4. The van der Waals surface area contributed by atoms with Crippen molar-refractivity contribution in [2.75, 3.05) is 18.0 Å². The summed E-state index contributed by atoms with van der Waals surface area (Å²) in [6.45, 7) is -0.108. The van der Waals surface area contributed by atoms with Gasteiger partial charge in [-0.15, -0.1) is 0 Å². The molecule has 39 heavy (non-hydrogen) atoms. The average Bonchev–Trinajstić information content (AvgIpc) is 3.50. The maximum atomic E-state index is 13.5. The molecule has 1 atom stereocenters. The minimum Gasteiger partial charge on any atom is -0.355 e. The number of nitriles is 1. The summed E-state index contributed by atoms with van der Waals surface area (Å²) in [6, 6.07) is 11.8. The molecule has 1 aromatic heterocycles. The van der Waals surface area contributed by atoms with E-state index >= 15 is 0 Å². The van der Waals surface area contributed by atoms with Crippen molar-refractivity contribution < 1.29 is 30.8 Å². The normalized spacial score (nSPS) is 18.5. The van der Waals surface area contributed by atoms with Gasteiger partial charge in [-0.2, -0.15) is 18.4 Å². The number of aromatic nitrogens is 2. The lowest BCUT2D eigenvalue weighted by Gasteiger charge is -2.22. The lowest BCUT2D eigenvalue weighted by molar-refractivity contribution is -0.139. The second-order valence-corrected chi connectivity index (χ2v) is 12.0. The number of ketones is 1. The molecule has 2 fully saturated rings. The van der Waals surface area contributed by atoms with Gasteiger partial charge in [-0.1, -0.05) is 24.3 Å². The zero-order valence-electron chi connectivity index (χ0n) is 20.4. The smallest absolute Gasteiger partial charge is 0.355 e. The quantitative estimate of drug-likeness (QED) is 0.301. The predicted molar refractivity (Wildman–Crippen MR) is 132 cm³/mol. The first kappa shape index (κ1) is 26.7. The van der Waals surface area contributed by atoms with Crippen LogP contribution >= 0.6 is 0 Å². The Balaban J connectivity index is 1.43. The highest BCUT2D eigenvalue weighted by atomic mass is 32.2. The minimum atomic E-state index is -4.85. The summed E-state index contributed by atoms with van der Waals surface area (Å²) in [5, 5.41) is 8.15. The van der Waals surface area contributed by atoms with E-state index in [2.05, 4.69) is 9.97 Å². The van der Waals surface area contributed by atoms with E-state index < -0.39 is 37.1 Å². The van der Waals surface area contributed by atoms with Gasteiger partial charge in [0.1, 0.15) is 17.7 Å². The summed E-state index contributed by atoms with van der Waals surface area (Å²) in [7, 11) is -4.39. The summed E-state index contributed by atoms with van der Waals surface area (Å²) < 4.78 is 80.6. The monoisotopic (exact) mass is 558 g/mol. The molecular weight excluding hydrogens is 536 g/mol. The Morgan fingerprint density at radius 2 is 1.82 bits per heavy atom. The number of nitrogens with zero attached hydrogens (tertiary/aromatic N) is 4. The number of carbonyl (C=O) groups is 1. The Bertz CT molecular complexity index is 1580. The van der Waals surface area contributed by atoms with E-state index in [9.17, 15) is 36.0 Å². The van der Waals surface area contributed by atoms with E-state index in [-0.39, 0.29) is 54.7 Å². The largest absolute Gasteiger partial charge is 0.417 e. The Morgan fingerprint density at radius 1 is 1.13 bits per heavy atom. The molecule has 0 radical (unpaired) electrons. The fourth-order valence-corrected chi connectivity index (χ4v) is 7.00. The van der Waals surface area contributed by atoms with Gasteiger partial charge in [0.05, 0.1) is 21.3 Å². The molecule has 1 aliphatic heterocycles. The van der Waals surface area contributed by atoms with Crippen molar-refractivity contribution >= 4 is 21.4 Å². The summed E-state index contributed by atoms with van der Waals surface area (Å²) in [6.07, 6.45) is -2.09. The fraction of sp³-hybridized carbons (Fsp3) is 0.333. The summed E-state index contributed by atoms with van der Waals surface area (Å²) in [4.78, 5) is 22.3. The number of alkyl halides is 3. The highest BCUT2D eigenvalue weighted by molar-refractivity contribution is 7.92. The van der Waals surface area contributed by atoms with Gasteiger partial charge in [0, 0.05) is 31.1 Å². The van der Waals surface area contributed by atoms with Crippen molar-refractivity contribution in [3.8, 4) is 6.07 Å². The number of halogens is 4. The van der Waals surface area contributed by atoms with E-state index in [1.54, 1.807) is 18.2 Å². The van der Waals surface area contributed by atoms with Gasteiger partial charge in [0.25, 0.3) is 0 Å². The third kappa shape index (κ3) is 5.11. The zero-order chi connectivity index (χ0) is 28.0. The van der Waals surface area contributed by atoms with Gasteiger partial charge in [-0.25, -0.2) is 22.8 Å². The number of carbonyl (C=O) groups excluding carboxylic acids is 1. The average molecular weight is 559 g/mol. The van der Waals surface area contributed by atoms with Gasteiger partial charge in [-0.05, 0) is 49.1 Å². The molecule has 12 heteroatoms. The van der Waals surface area contributed by atoms with Crippen LogP contribution in [0.1, 0.15) is 53.0 Å². The molecule has 0 amide bonds. The summed E-state index contributed by atoms with van der Waals surface area (Å²) >= 11 is 0. The van der Waals surface area contributed by atoms with E-state index in [1.165, 1.54) is 29.3 Å². The number of benzene rings is 2. The van der Waals surface area contributed by atoms with Crippen LogP contribution in [0.2, 0.25) is 0 Å². The van der Waals surface area contributed by atoms with Gasteiger partial charge in [0.2, 0.25) is 5.82 Å². The maximum Gasteiger partial charge on any atom is 0.417 e. The molecule has 2 heterocycles. The van der Waals surface area contributed by atoms with E-state index in [1.807, 2.05) is 0 Å². The van der Waals surface area contributed by atoms with Crippen LogP contribution in [0.4, 0.5) is 23.4 Å². The molecule has 0 N–H and O–H groups in total. The van der Waals surface area contributed by atoms with Gasteiger partial charge in [-0.3, -0.25) is 4.79 Å². The number of Topliss-reactive ketones (excluding diaryl/α,β-unsaturated/α-hetero) is 1. The molecule has 0 bridgehead atoms. The van der Waals surface area contributed by atoms with Gasteiger partial charge < -0.3 is 4.90 Å².